The van der Waals surface area contributed by atoms with Gasteiger partial charge in [-0.1, -0.05) is 56.3 Å². The van der Waals surface area contributed by atoms with Crippen molar-refractivity contribution < 1.29 is 4.79 Å². The summed E-state index contributed by atoms with van der Waals surface area (Å²) in [6.45, 7) is 4.36. The normalized spacial score (nSPS) is 11.7. The van der Waals surface area contributed by atoms with Crippen molar-refractivity contribution in [3.63, 3.8) is 0 Å². The summed E-state index contributed by atoms with van der Waals surface area (Å²) in [4.78, 5) is 10.0. The van der Waals surface area contributed by atoms with Gasteiger partial charge in [0.15, 0.2) is 0 Å². The van der Waals surface area contributed by atoms with E-state index in [-0.39, 0.29) is 0 Å². The fourth-order valence-electron chi connectivity index (χ4n) is 1.27. The van der Waals surface area contributed by atoms with Gasteiger partial charge in [0.05, 0.1) is 0 Å². The van der Waals surface area contributed by atoms with Crippen molar-refractivity contribution in [2.75, 3.05) is 0 Å². The highest BCUT2D eigenvalue weighted by Crippen LogP contribution is 2.15. The zero-order chi connectivity index (χ0) is 11.1. The van der Waals surface area contributed by atoms with E-state index in [0.717, 1.165) is 11.8 Å². The summed E-state index contributed by atoms with van der Waals surface area (Å²) in [5.74, 6) is 0.568. The number of aldehydes is 1. The summed E-state index contributed by atoms with van der Waals surface area (Å²) in [5, 5.41) is 0. The average molecular weight is 200 g/mol. The van der Waals surface area contributed by atoms with Crippen LogP contribution in [0.3, 0.4) is 0 Å². The Kier molecular flexibility index (Phi) is 4.55. The van der Waals surface area contributed by atoms with Crippen LogP contribution in [0.5, 0.6) is 0 Å². The van der Waals surface area contributed by atoms with Crippen LogP contribution in [0.1, 0.15) is 30.9 Å². The van der Waals surface area contributed by atoms with E-state index in [4.69, 9.17) is 0 Å². The van der Waals surface area contributed by atoms with Gasteiger partial charge in [-0.05, 0) is 23.1 Å². The van der Waals surface area contributed by atoms with Crippen molar-refractivity contribution in [2.45, 2.75) is 19.8 Å². The molecular formula is C14H16O. The van der Waals surface area contributed by atoms with E-state index in [1.807, 2.05) is 12.2 Å². The van der Waals surface area contributed by atoms with E-state index < -0.39 is 0 Å². The van der Waals surface area contributed by atoms with E-state index in [1.54, 1.807) is 6.08 Å². The van der Waals surface area contributed by atoms with Crippen molar-refractivity contribution in [2.24, 2.45) is 0 Å². The number of allylic oxidation sites excluding steroid dienone is 3. The molecule has 0 fully saturated rings. The van der Waals surface area contributed by atoms with Crippen molar-refractivity contribution in [1.29, 1.82) is 0 Å². The van der Waals surface area contributed by atoms with Gasteiger partial charge in [0.1, 0.15) is 6.29 Å². The lowest BCUT2D eigenvalue weighted by Gasteiger charge is -2.04. The summed E-state index contributed by atoms with van der Waals surface area (Å²) in [6.07, 6.45) is 7.80. The monoisotopic (exact) mass is 200 g/mol. The Morgan fingerprint density at radius 2 is 1.67 bits per heavy atom. The Morgan fingerprint density at radius 1 is 1.00 bits per heavy atom. The van der Waals surface area contributed by atoms with Crippen LogP contribution in [0.2, 0.25) is 0 Å². The largest absolute Gasteiger partial charge is 0.299 e. The molecule has 1 aromatic carbocycles. The third kappa shape index (κ3) is 3.94. The van der Waals surface area contributed by atoms with Gasteiger partial charge in [-0.3, -0.25) is 4.79 Å². The standard InChI is InChI=1S/C14H16O/c1-12(2)14-9-7-13(8-10-14)6-4-3-5-11-15/h3-12H,1-2H3/b5-3+,6-4+. The van der Waals surface area contributed by atoms with Crippen LogP contribution in [0.25, 0.3) is 6.08 Å². The molecule has 0 aliphatic heterocycles. The van der Waals surface area contributed by atoms with Crippen LogP contribution in [-0.4, -0.2) is 6.29 Å². The molecule has 0 unspecified atom stereocenters. The Labute approximate surface area is 91.1 Å². The highest BCUT2D eigenvalue weighted by atomic mass is 16.1. The van der Waals surface area contributed by atoms with Gasteiger partial charge in [-0.15, -0.1) is 0 Å². The number of hydrogen-bond donors (Lipinski definition) is 0. The minimum Gasteiger partial charge on any atom is -0.299 e. The van der Waals surface area contributed by atoms with Crippen LogP contribution < -0.4 is 0 Å². The number of carbonyl (C=O) groups excluding carboxylic acids is 1. The maximum Gasteiger partial charge on any atom is 0.142 e. The molecule has 0 aliphatic carbocycles. The first-order chi connectivity index (χ1) is 7.24. The highest BCUT2D eigenvalue weighted by Gasteiger charge is 1.96. The number of rotatable bonds is 4. The summed E-state index contributed by atoms with van der Waals surface area (Å²) in [6, 6.07) is 8.43. The first-order valence-corrected chi connectivity index (χ1v) is 5.12. The molecule has 0 radical (unpaired) electrons. The second-order valence-electron chi connectivity index (χ2n) is 3.70. The predicted molar refractivity (Wildman–Crippen MR) is 64.8 cm³/mol. The number of benzene rings is 1. The quantitative estimate of drug-likeness (QED) is 0.412. The molecule has 0 heterocycles. The fourth-order valence-corrected chi connectivity index (χ4v) is 1.27. The average Bonchev–Trinajstić information content (AvgIpc) is 2.25. The van der Waals surface area contributed by atoms with Gasteiger partial charge in [-0.25, -0.2) is 0 Å². The van der Waals surface area contributed by atoms with Crippen molar-refractivity contribution >= 4 is 12.4 Å². The molecule has 0 N–H and O–H groups in total. The third-order valence-corrected chi connectivity index (χ3v) is 2.19. The zero-order valence-electron chi connectivity index (χ0n) is 9.18. The van der Waals surface area contributed by atoms with Gasteiger partial charge in [0.25, 0.3) is 0 Å². The van der Waals surface area contributed by atoms with Crippen molar-refractivity contribution in [1.82, 2.24) is 0 Å². The lowest BCUT2D eigenvalue weighted by molar-refractivity contribution is -0.104. The predicted octanol–water partition coefficient (Wildman–Crippen LogP) is 3.58. The van der Waals surface area contributed by atoms with Crippen LogP contribution in [-0.2, 0) is 4.79 Å². The number of carbonyl (C=O) groups is 1. The summed E-state index contributed by atoms with van der Waals surface area (Å²) >= 11 is 0. The Hall–Kier alpha value is -1.63. The molecule has 0 saturated carbocycles. The lowest BCUT2D eigenvalue weighted by Crippen LogP contribution is -1.85. The minimum atomic E-state index is 0.568. The Balaban J connectivity index is 2.68. The fraction of sp³-hybridized carbons (Fsp3) is 0.214. The summed E-state index contributed by atoms with van der Waals surface area (Å²) in [5.41, 5.74) is 2.49. The maximum absolute atomic E-state index is 10.0. The van der Waals surface area contributed by atoms with E-state index in [1.165, 1.54) is 11.6 Å². The number of hydrogen-bond acceptors (Lipinski definition) is 1. The molecule has 1 rings (SSSR count). The SMILES string of the molecule is CC(C)c1ccc(/C=C/C=C/C=O)cc1. The zero-order valence-corrected chi connectivity index (χ0v) is 9.18. The summed E-state index contributed by atoms with van der Waals surface area (Å²) in [7, 11) is 0. The van der Waals surface area contributed by atoms with Gasteiger partial charge in [0, 0.05) is 0 Å². The van der Waals surface area contributed by atoms with Crippen LogP contribution in [0.4, 0.5) is 0 Å². The Morgan fingerprint density at radius 3 is 2.20 bits per heavy atom. The van der Waals surface area contributed by atoms with Crippen LogP contribution in [0.15, 0.2) is 42.5 Å². The molecule has 0 aromatic heterocycles. The molecule has 0 spiro atoms. The van der Waals surface area contributed by atoms with Crippen molar-refractivity contribution in [3.05, 3.63) is 53.6 Å². The van der Waals surface area contributed by atoms with E-state index in [0.29, 0.717) is 5.92 Å². The molecule has 1 aromatic rings. The van der Waals surface area contributed by atoms with Crippen LogP contribution in [0, 0.1) is 0 Å². The molecule has 0 aliphatic rings. The second-order valence-corrected chi connectivity index (χ2v) is 3.70. The first kappa shape index (κ1) is 11.4. The smallest absolute Gasteiger partial charge is 0.142 e. The second kappa shape index (κ2) is 5.97. The molecule has 1 heteroatoms. The first-order valence-electron chi connectivity index (χ1n) is 5.12. The maximum atomic E-state index is 10.0. The highest BCUT2D eigenvalue weighted by molar-refractivity contribution is 5.66. The van der Waals surface area contributed by atoms with Gasteiger partial charge in [0.2, 0.25) is 0 Å². The lowest BCUT2D eigenvalue weighted by atomic mass is 10.0. The molecule has 15 heavy (non-hydrogen) atoms. The van der Waals surface area contributed by atoms with Gasteiger partial charge < -0.3 is 0 Å². The molecule has 0 saturated heterocycles. The Bertz CT molecular complexity index is 355. The van der Waals surface area contributed by atoms with E-state index in [9.17, 15) is 4.79 Å². The third-order valence-electron chi connectivity index (χ3n) is 2.19. The topological polar surface area (TPSA) is 17.1 Å². The van der Waals surface area contributed by atoms with Crippen LogP contribution >= 0.6 is 0 Å². The van der Waals surface area contributed by atoms with Crippen molar-refractivity contribution in [3.8, 4) is 0 Å². The molecular weight excluding hydrogens is 184 g/mol. The molecule has 1 nitrogen and oxygen atoms in total. The molecule has 0 atom stereocenters. The summed E-state index contributed by atoms with van der Waals surface area (Å²) < 4.78 is 0. The molecule has 0 bridgehead atoms. The molecule has 78 valence electrons. The van der Waals surface area contributed by atoms with E-state index in [2.05, 4.69) is 38.1 Å². The van der Waals surface area contributed by atoms with Gasteiger partial charge in [-0.2, -0.15) is 0 Å². The van der Waals surface area contributed by atoms with E-state index >= 15 is 0 Å². The van der Waals surface area contributed by atoms with Gasteiger partial charge >= 0.3 is 0 Å². The molecule has 0 amide bonds. The minimum absolute atomic E-state index is 0.568.